The van der Waals surface area contributed by atoms with Crippen molar-refractivity contribution in [3.63, 3.8) is 0 Å². The molecule has 1 aliphatic rings. The van der Waals surface area contributed by atoms with Gasteiger partial charge in [0.1, 0.15) is 0 Å². The Morgan fingerprint density at radius 2 is 2.12 bits per heavy atom. The maximum Gasteiger partial charge on any atom is 0.224 e. The summed E-state index contributed by atoms with van der Waals surface area (Å²) in [6.45, 7) is 0. The molecular weight excluding hydrogens is 292 g/mol. The quantitative estimate of drug-likeness (QED) is 0.851. The number of halogens is 3. The maximum absolute atomic E-state index is 13.3. The van der Waals surface area contributed by atoms with Crippen LogP contribution >= 0.6 is 15.9 Å². The fourth-order valence-corrected chi connectivity index (χ4v) is 2.34. The maximum atomic E-state index is 13.3. The van der Waals surface area contributed by atoms with E-state index in [0.717, 1.165) is 18.9 Å². The fraction of sp³-hybridized carbons (Fsp3) is 0.417. The van der Waals surface area contributed by atoms with Crippen LogP contribution in [0.25, 0.3) is 0 Å². The Kier molecular flexibility index (Phi) is 3.47. The summed E-state index contributed by atoms with van der Waals surface area (Å²) in [5.41, 5.74) is -0.0752. The van der Waals surface area contributed by atoms with E-state index in [1.165, 1.54) is 12.1 Å². The van der Waals surface area contributed by atoms with Crippen molar-refractivity contribution in [3.05, 3.63) is 35.4 Å². The van der Waals surface area contributed by atoms with Gasteiger partial charge in [-0.15, -0.1) is 0 Å². The first-order valence-corrected chi connectivity index (χ1v) is 6.48. The standard InChI is InChI=1S/C12H12BrF2NO/c13-7-12(4-5-12)16-10(17)6-8-2-1-3-9(14)11(8)15/h1-3H,4-7H2,(H,16,17). The van der Waals surface area contributed by atoms with Crippen molar-refractivity contribution in [2.45, 2.75) is 24.8 Å². The molecule has 0 saturated heterocycles. The van der Waals surface area contributed by atoms with Gasteiger partial charge < -0.3 is 5.32 Å². The van der Waals surface area contributed by atoms with E-state index in [2.05, 4.69) is 21.2 Å². The number of hydrogen-bond acceptors (Lipinski definition) is 1. The number of carbonyl (C=O) groups is 1. The monoisotopic (exact) mass is 303 g/mol. The van der Waals surface area contributed by atoms with Crippen LogP contribution in [-0.4, -0.2) is 16.8 Å². The summed E-state index contributed by atoms with van der Waals surface area (Å²) in [6.07, 6.45) is 1.73. The van der Waals surface area contributed by atoms with Crippen LogP contribution < -0.4 is 5.32 Å². The van der Waals surface area contributed by atoms with Crippen molar-refractivity contribution in [2.24, 2.45) is 0 Å². The summed E-state index contributed by atoms with van der Waals surface area (Å²) in [7, 11) is 0. The molecule has 1 fully saturated rings. The first-order valence-electron chi connectivity index (χ1n) is 5.36. The molecule has 2 rings (SSSR count). The molecule has 1 N–H and O–H groups in total. The van der Waals surface area contributed by atoms with E-state index in [1.54, 1.807) is 0 Å². The van der Waals surface area contributed by atoms with Gasteiger partial charge in [-0.3, -0.25) is 4.79 Å². The van der Waals surface area contributed by atoms with E-state index in [4.69, 9.17) is 0 Å². The van der Waals surface area contributed by atoms with E-state index < -0.39 is 11.6 Å². The summed E-state index contributed by atoms with van der Waals surface area (Å²) >= 11 is 3.32. The second kappa shape index (κ2) is 4.72. The van der Waals surface area contributed by atoms with Gasteiger partial charge in [0.15, 0.2) is 11.6 Å². The van der Waals surface area contributed by atoms with Crippen molar-refractivity contribution in [2.75, 3.05) is 5.33 Å². The lowest BCUT2D eigenvalue weighted by Gasteiger charge is -2.14. The minimum absolute atomic E-state index is 0.0906. The molecule has 0 unspecified atom stereocenters. The Hall–Kier alpha value is -0.970. The van der Waals surface area contributed by atoms with Crippen LogP contribution in [0.2, 0.25) is 0 Å². The Bertz CT molecular complexity index is 446. The molecule has 1 saturated carbocycles. The largest absolute Gasteiger partial charge is 0.350 e. The number of hydrogen-bond donors (Lipinski definition) is 1. The van der Waals surface area contributed by atoms with Crippen LogP contribution in [0.3, 0.4) is 0 Å². The van der Waals surface area contributed by atoms with E-state index in [-0.39, 0.29) is 23.4 Å². The number of amides is 1. The van der Waals surface area contributed by atoms with Crippen molar-refractivity contribution in [1.82, 2.24) is 5.32 Å². The average Bonchev–Trinajstić information content (AvgIpc) is 3.05. The van der Waals surface area contributed by atoms with Crippen molar-refractivity contribution in [1.29, 1.82) is 0 Å². The molecule has 0 spiro atoms. The predicted molar refractivity (Wildman–Crippen MR) is 64.0 cm³/mol. The Morgan fingerprint density at radius 1 is 1.41 bits per heavy atom. The zero-order chi connectivity index (χ0) is 12.5. The summed E-state index contributed by atoms with van der Waals surface area (Å²) in [4.78, 5) is 11.7. The lowest BCUT2D eigenvalue weighted by atomic mass is 10.1. The smallest absolute Gasteiger partial charge is 0.224 e. The van der Waals surface area contributed by atoms with Gasteiger partial charge in [0, 0.05) is 16.4 Å². The normalized spacial score (nSPS) is 16.6. The van der Waals surface area contributed by atoms with Crippen molar-refractivity contribution >= 4 is 21.8 Å². The van der Waals surface area contributed by atoms with Crippen LogP contribution in [0.1, 0.15) is 18.4 Å². The Morgan fingerprint density at radius 3 is 2.71 bits per heavy atom. The van der Waals surface area contributed by atoms with E-state index in [1.807, 2.05) is 0 Å². The first-order chi connectivity index (χ1) is 8.06. The second-order valence-electron chi connectivity index (χ2n) is 4.35. The van der Waals surface area contributed by atoms with Gasteiger partial charge in [-0.1, -0.05) is 28.1 Å². The molecule has 0 heterocycles. The molecule has 1 aromatic carbocycles. The lowest BCUT2D eigenvalue weighted by molar-refractivity contribution is -0.121. The fourth-order valence-electron chi connectivity index (χ4n) is 1.64. The van der Waals surface area contributed by atoms with Crippen molar-refractivity contribution in [3.8, 4) is 0 Å². The minimum Gasteiger partial charge on any atom is -0.350 e. The molecule has 1 amide bonds. The second-order valence-corrected chi connectivity index (χ2v) is 4.91. The van der Waals surface area contributed by atoms with Gasteiger partial charge in [-0.25, -0.2) is 8.78 Å². The molecule has 0 radical (unpaired) electrons. The number of rotatable bonds is 4. The van der Waals surface area contributed by atoms with Crippen molar-refractivity contribution < 1.29 is 13.6 Å². The zero-order valence-electron chi connectivity index (χ0n) is 9.10. The van der Waals surface area contributed by atoms with Crippen LogP contribution in [0.4, 0.5) is 8.78 Å². The highest BCUT2D eigenvalue weighted by molar-refractivity contribution is 9.09. The number of alkyl halides is 1. The van der Waals surface area contributed by atoms with Crippen LogP contribution in [0, 0.1) is 11.6 Å². The molecule has 2 nitrogen and oxygen atoms in total. The lowest BCUT2D eigenvalue weighted by Crippen LogP contribution is -2.39. The van der Waals surface area contributed by atoms with Gasteiger partial charge >= 0.3 is 0 Å². The molecule has 1 aromatic rings. The highest BCUT2D eigenvalue weighted by Gasteiger charge is 2.42. The van der Waals surface area contributed by atoms with Gasteiger partial charge in [0.2, 0.25) is 5.91 Å². The zero-order valence-corrected chi connectivity index (χ0v) is 10.7. The first kappa shape index (κ1) is 12.5. The van der Waals surface area contributed by atoms with Gasteiger partial charge in [-0.05, 0) is 18.9 Å². The minimum atomic E-state index is -0.939. The summed E-state index contributed by atoms with van der Waals surface area (Å²) in [5.74, 6) is -2.13. The number of benzene rings is 1. The van der Waals surface area contributed by atoms with Gasteiger partial charge in [0.05, 0.1) is 6.42 Å². The number of carbonyl (C=O) groups excluding carboxylic acids is 1. The Balaban J connectivity index is 2.01. The highest BCUT2D eigenvalue weighted by Crippen LogP contribution is 2.36. The van der Waals surface area contributed by atoms with E-state index in [0.29, 0.717) is 5.33 Å². The molecule has 0 bridgehead atoms. The molecule has 1 aliphatic carbocycles. The van der Waals surface area contributed by atoms with Gasteiger partial charge in [-0.2, -0.15) is 0 Å². The third-order valence-electron chi connectivity index (χ3n) is 2.90. The molecule has 17 heavy (non-hydrogen) atoms. The topological polar surface area (TPSA) is 29.1 Å². The summed E-state index contributed by atoms with van der Waals surface area (Å²) < 4.78 is 26.3. The van der Waals surface area contributed by atoms with E-state index in [9.17, 15) is 13.6 Å². The molecular formula is C12H12BrF2NO. The van der Waals surface area contributed by atoms with Gasteiger partial charge in [0.25, 0.3) is 0 Å². The molecule has 5 heteroatoms. The third kappa shape index (κ3) is 2.83. The van der Waals surface area contributed by atoms with Crippen LogP contribution in [0.5, 0.6) is 0 Å². The highest BCUT2D eigenvalue weighted by atomic mass is 79.9. The van der Waals surface area contributed by atoms with Crippen LogP contribution in [0.15, 0.2) is 18.2 Å². The van der Waals surface area contributed by atoms with E-state index >= 15 is 0 Å². The third-order valence-corrected chi connectivity index (χ3v) is 3.97. The predicted octanol–water partition coefficient (Wildman–Crippen LogP) is 2.55. The Labute approximate surface area is 107 Å². The molecule has 0 aromatic heterocycles. The molecule has 0 atom stereocenters. The molecule has 0 aliphatic heterocycles. The summed E-state index contributed by atoms with van der Waals surface area (Å²) in [6, 6.07) is 3.86. The van der Waals surface area contributed by atoms with Crippen LogP contribution in [-0.2, 0) is 11.2 Å². The SMILES string of the molecule is O=C(Cc1cccc(F)c1F)NC1(CBr)CC1. The average molecular weight is 304 g/mol. The summed E-state index contributed by atoms with van der Waals surface area (Å²) in [5, 5.41) is 3.53. The number of nitrogens with one attached hydrogen (secondary N) is 1. The molecule has 92 valence electrons.